The molecule has 2 aromatic heterocycles. The molecule has 0 amide bonds. The van der Waals surface area contributed by atoms with Crippen LogP contribution >= 0.6 is 0 Å². The molecular formula is C40H46N2O14+2. The number of nitrogens with zero attached hydrogens (tertiary/aromatic N) is 2. The molecule has 56 heavy (non-hydrogen) atoms. The monoisotopic (exact) mass is 778 g/mol. The van der Waals surface area contributed by atoms with Crippen LogP contribution in [0.3, 0.4) is 0 Å². The number of rotatable bonds is 14. The van der Waals surface area contributed by atoms with Gasteiger partial charge in [0.05, 0.1) is 5.92 Å². The van der Waals surface area contributed by atoms with Crippen molar-refractivity contribution in [1.82, 2.24) is 0 Å². The number of aromatic nitrogens is 2. The van der Waals surface area contributed by atoms with E-state index in [4.69, 9.17) is 37.9 Å². The van der Waals surface area contributed by atoms with Crippen LogP contribution in [0.2, 0.25) is 0 Å². The summed E-state index contributed by atoms with van der Waals surface area (Å²) >= 11 is 0. The molecule has 16 heteroatoms. The molecule has 8 atom stereocenters. The Labute approximate surface area is 323 Å². The minimum absolute atomic E-state index is 0.0128. The van der Waals surface area contributed by atoms with E-state index in [2.05, 4.69) is 0 Å². The van der Waals surface area contributed by atoms with E-state index in [1.165, 1.54) is 27.7 Å². The van der Waals surface area contributed by atoms with Crippen LogP contribution < -0.4 is 9.13 Å². The molecule has 0 spiro atoms. The van der Waals surface area contributed by atoms with Crippen LogP contribution in [0.1, 0.15) is 85.8 Å². The highest BCUT2D eigenvalue weighted by Gasteiger charge is 2.51. The van der Waals surface area contributed by atoms with Gasteiger partial charge in [0, 0.05) is 45.7 Å². The molecule has 0 bridgehead atoms. The number of hydrogen-bond acceptors (Lipinski definition) is 14. The van der Waals surface area contributed by atoms with Crippen molar-refractivity contribution >= 4 is 35.8 Å². The van der Waals surface area contributed by atoms with Gasteiger partial charge in [-0.05, 0) is 30.2 Å². The van der Waals surface area contributed by atoms with Crippen LogP contribution in [0.15, 0.2) is 73.3 Å². The Hall–Kier alpha value is -5.74. The van der Waals surface area contributed by atoms with E-state index in [1.807, 2.05) is 13.8 Å². The predicted octanol–water partition coefficient (Wildman–Crippen LogP) is 3.03. The topological polar surface area (TPSA) is 184 Å². The molecule has 2 aliphatic rings. The van der Waals surface area contributed by atoms with Crippen LogP contribution in [-0.4, -0.2) is 73.4 Å². The first-order valence-electron chi connectivity index (χ1n) is 18.1. The number of ether oxygens (including phenoxy) is 8. The lowest BCUT2D eigenvalue weighted by molar-refractivity contribution is -0.765. The van der Waals surface area contributed by atoms with Crippen molar-refractivity contribution in [2.75, 3.05) is 13.2 Å². The Bertz CT molecular complexity index is 1920. The minimum Gasteiger partial charge on any atom is -0.463 e. The van der Waals surface area contributed by atoms with Gasteiger partial charge < -0.3 is 37.9 Å². The molecular weight excluding hydrogens is 732 g/mol. The molecule has 0 aliphatic carbocycles. The zero-order valence-electron chi connectivity index (χ0n) is 32.0. The summed E-state index contributed by atoms with van der Waals surface area (Å²) in [6, 6.07) is 13.5. The third kappa shape index (κ3) is 10.7. The Morgan fingerprint density at radius 3 is 1.48 bits per heavy atom. The van der Waals surface area contributed by atoms with Gasteiger partial charge in [-0.25, -0.2) is 9.59 Å². The van der Waals surface area contributed by atoms with Crippen LogP contribution in [0.4, 0.5) is 0 Å². The standard InChI is InChI=1S/C40H46N2O14/c1-23-33(21-49-25(3)43)55-38(36(23)54-28(6)46)42-16-8-10-32(18-42)40(48)52-20-30-13-11-29(12-14-30)19-51-39(47)31-9-7-15-41(17-31)37-24(2)35(53-27(5)45)34(56-37)22-50-26(4)44/h7-18,23-24,33-38H,19-22H2,1-6H3/q+2/t23-,24-,33-,34-,35+,36-,37-,38-/m1/s1. The molecule has 16 nitrogen and oxygen atoms in total. The Morgan fingerprint density at radius 2 is 1.00 bits per heavy atom. The molecule has 5 rings (SSSR count). The lowest BCUT2D eigenvalue weighted by Gasteiger charge is -2.19. The van der Waals surface area contributed by atoms with Gasteiger partial charge in [0.25, 0.3) is 6.23 Å². The van der Waals surface area contributed by atoms with Gasteiger partial charge in [0.15, 0.2) is 30.9 Å². The maximum absolute atomic E-state index is 13.1. The maximum Gasteiger partial charge on any atom is 0.344 e. The second kappa shape index (κ2) is 18.7. The van der Waals surface area contributed by atoms with Gasteiger partial charge >= 0.3 is 42.0 Å². The van der Waals surface area contributed by atoms with Gasteiger partial charge in [-0.2, -0.15) is 9.13 Å². The Morgan fingerprint density at radius 1 is 0.554 bits per heavy atom. The number of pyridine rings is 2. The first-order valence-corrected chi connectivity index (χ1v) is 18.1. The Balaban J connectivity index is 1.15. The summed E-state index contributed by atoms with van der Waals surface area (Å²) in [7, 11) is 0. The normalized spacial score (nSPS) is 24.1. The summed E-state index contributed by atoms with van der Waals surface area (Å²) in [4.78, 5) is 72.5. The van der Waals surface area contributed by atoms with E-state index >= 15 is 0 Å². The highest BCUT2D eigenvalue weighted by atomic mass is 16.6. The highest BCUT2D eigenvalue weighted by Crippen LogP contribution is 2.35. The third-order valence-electron chi connectivity index (χ3n) is 9.32. The van der Waals surface area contributed by atoms with Gasteiger partial charge in [0.2, 0.25) is 0 Å². The minimum atomic E-state index is -0.773. The van der Waals surface area contributed by atoms with Crippen LogP contribution in [0, 0.1) is 11.8 Å². The average molecular weight is 779 g/mol. The summed E-state index contributed by atoms with van der Waals surface area (Å²) in [6.45, 7) is 8.67. The van der Waals surface area contributed by atoms with Crippen LogP contribution in [-0.2, 0) is 70.3 Å². The SMILES string of the molecule is CC(=O)OC[C@H]1O[C@@H]([n+]2cccc(C(=O)OCc3ccc(COC(=O)c4ccc[n+]([C@@H]5O[C@H](COC(C)=O)[C@@H](OC(C)=O)[C@H]5C)c4)cc3)c2)[C@H](OC(C)=O)[C@@H]1C. The largest absolute Gasteiger partial charge is 0.463 e. The number of carbonyl (C=O) groups is 6. The average Bonchev–Trinajstić information content (AvgIpc) is 3.65. The number of esters is 6. The number of hydrogen-bond donors (Lipinski definition) is 0. The van der Waals surface area contributed by atoms with Gasteiger partial charge in [-0.1, -0.05) is 31.2 Å². The number of benzene rings is 1. The molecule has 0 saturated carbocycles. The molecule has 2 fully saturated rings. The molecule has 0 unspecified atom stereocenters. The van der Waals surface area contributed by atoms with Crippen molar-refractivity contribution in [2.45, 2.75) is 91.6 Å². The quantitative estimate of drug-likeness (QED) is 0.132. The molecule has 4 heterocycles. The second-order valence-corrected chi connectivity index (χ2v) is 13.7. The highest BCUT2D eigenvalue weighted by molar-refractivity contribution is 5.89. The van der Waals surface area contributed by atoms with Crippen LogP contribution in [0.25, 0.3) is 0 Å². The summed E-state index contributed by atoms with van der Waals surface area (Å²) in [5.41, 5.74) is 1.90. The predicted molar refractivity (Wildman–Crippen MR) is 188 cm³/mol. The summed E-state index contributed by atoms with van der Waals surface area (Å²) in [5.74, 6) is -3.74. The zero-order valence-corrected chi connectivity index (χ0v) is 32.0. The van der Waals surface area contributed by atoms with E-state index in [-0.39, 0.29) is 49.4 Å². The van der Waals surface area contributed by atoms with Crippen molar-refractivity contribution in [3.05, 3.63) is 95.6 Å². The summed E-state index contributed by atoms with van der Waals surface area (Å²) in [5, 5.41) is 0. The van der Waals surface area contributed by atoms with Gasteiger partial charge in [-0.3, -0.25) is 19.2 Å². The summed E-state index contributed by atoms with van der Waals surface area (Å²) in [6.07, 6.45) is 2.53. The summed E-state index contributed by atoms with van der Waals surface area (Å²) < 4.78 is 47.9. The fraction of sp³-hybridized carbons (Fsp3) is 0.450. The molecule has 1 aromatic carbocycles. The van der Waals surface area contributed by atoms with Crippen molar-refractivity contribution in [3.63, 3.8) is 0 Å². The van der Waals surface area contributed by atoms with E-state index < -0.39 is 72.7 Å². The molecule has 3 aromatic rings. The molecule has 298 valence electrons. The van der Waals surface area contributed by atoms with Crippen molar-refractivity contribution in [1.29, 1.82) is 0 Å². The molecule has 0 N–H and O–H groups in total. The number of carbonyl (C=O) groups excluding carboxylic acids is 6. The lowest BCUT2D eigenvalue weighted by Crippen LogP contribution is -2.46. The maximum atomic E-state index is 13.1. The third-order valence-corrected chi connectivity index (χ3v) is 9.32. The molecule has 2 saturated heterocycles. The smallest absolute Gasteiger partial charge is 0.344 e. The fourth-order valence-electron chi connectivity index (χ4n) is 6.51. The lowest BCUT2D eigenvalue weighted by atomic mass is 10.0. The van der Waals surface area contributed by atoms with E-state index in [9.17, 15) is 28.8 Å². The first-order chi connectivity index (χ1) is 26.7. The van der Waals surface area contributed by atoms with E-state index in [0.717, 1.165) is 0 Å². The Kier molecular flexibility index (Phi) is 13.9. The van der Waals surface area contributed by atoms with Crippen molar-refractivity contribution < 1.29 is 75.8 Å². The van der Waals surface area contributed by atoms with Gasteiger partial charge in [-0.15, -0.1) is 0 Å². The second-order valence-electron chi connectivity index (χ2n) is 13.7. The molecule has 0 radical (unpaired) electrons. The first kappa shape index (κ1) is 41.4. The zero-order chi connectivity index (χ0) is 40.5. The van der Waals surface area contributed by atoms with Crippen molar-refractivity contribution in [3.8, 4) is 0 Å². The van der Waals surface area contributed by atoms with E-state index in [1.54, 1.807) is 82.5 Å². The van der Waals surface area contributed by atoms with E-state index in [0.29, 0.717) is 11.1 Å². The fourth-order valence-corrected chi connectivity index (χ4v) is 6.51. The van der Waals surface area contributed by atoms with Crippen molar-refractivity contribution in [2.24, 2.45) is 11.8 Å². The van der Waals surface area contributed by atoms with Crippen LogP contribution in [0.5, 0.6) is 0 Å². The van der Waals surface area contributed by atoms with Gasteiger partial charge in [0.1, 0.15) is 55.9 Å². The molecule has 2 aliphatic heterocycles.